The van der Waals surface area contributed by atoms with Gasteiger partial charge in [0.2, 0.25) is 5.88 Å². The summed E-state index contributed by atoms with van der Waals surface area (Å²) in [6.45, 7) is 24.6. The van der Waals surface area contributed by atoms with E-state index in [-0.39, 0.29) is 88.3 Å². The molecule has 2 aromatic rings. The number of aliphatic hydroxyl groups is 14. The van der Waals surface area contributed by atoms with Crippen molar-refractivity contribution in [3.63, 3.8) is 0 Å². The zero-order valence-corrected chi connectivity index (χ0v) is 76.6. The van der Waals surface area contributed by atoms with Crippen LogP contribution in [0, 0.1) is 6.92 Å². The summed E-state index contributed by atoms with van der Waals surface area (Å²) in [7, 11) is 0. The fourth-order valence-corrected chi connectivity index (χ4v) is 15.6. The van der Waals surface area contributed by atoms with Crippen molar-refractivity contribution in [1.82, 2.24) is 59.6 Å². The van der Waals surface area contributed by atoms with Crippen LogP contribution in [0.5, 0.6) is 5.88 Å². The third kappa shape index (κ3) is 22.6. The highest BCUT2D eigenvalue weighted by atomic mass is 19.2. The summed E-state index contributed by atoms with van der Waals surface area (Å²) in [5.41, 5.74) is 26.1. The van der Waals surface area contributed by atoms with Gasteiger partial charge in [0.25, 0.3) is 29.4 Å². The van der Waals surface area contributed by atoms with Gasteiger partial charge in [-0.05, 0) is 84.2 Å². The number of halogens is 11. The molecular weight excluding hydrogens is 1930 g/mol. The van der Waals surface area contributed by atoms with Crippen LogP contribution in [0.15, 0.2) is 184 Å². The smallest absolute Gasteiger partial charge is 0.268 e. The van der Waals surface area contributed by atoms with E-state index < -0.39 is 238 Å². The van der Waals surface area contributed by atoms with E-state index in [2.05, 4.69) is 105 Å². The fraction of sp³-hybridized carbons (Fsp3) is 0.568. The molecule has 28 atom stereocenters. The predicted octanol–water partition coefficient (Wildman–Crippen LogP) is -1.11. The summed E-state index contributed by atoms with van der Waals surface area (Å²) < 4.78 is 198. The first-order valence-electron chi connectivity index (χ1n) is 42.2. The number of aliphatic hydroxyl groups excluding tert-OH is 11. The molecule has 0 saturated carbocycles. The topological polar surface area (TPSA) is 729 Å². The van der Waals surface area contributed by atoms with Crippen LogP contribution in [-0.2, 0) is 42.7 Å². The number of azide groups is 2. The van der Waals surface area contributed by atoms with Gasteiger partial charge in [-0.2, -0.15) is 4.98 Å². The Balaban J connectivity index is 0.000000185. The number of rotatable bonds is 21. The molecule has 0 spiro atoms. The van der Waals surface area contributed by atoms with Gasteiger partial charge in [0.15, 0.2) is 110 Å². The number of aliphatic imine (C=N–C) groups is 4. The summed E-state index contributed by atoms with van der Waals surface area (Å²) in [6.07, 6.45) is -14.7. The molecule has 13 aliphatic heterocycles. The van der Waals surface area contributed by atoms with Crippen LogP contribution in [0.1, 0.15) is 60.0 Å². The Morgan fingerprint density at radius 3 is 1.27 bits per heavy atom. The van der Waals surface area contributed by atoms with Gasteiger partial charge in [-0.1, -0.05) is 49.7 Å². The van der Waals surface area contributed by atoms with Gasteiger partial charge in [0, 0.05) is 65.7 Å². The van der Waals surface area contributed by atoms with Crippen molar-refractivity contribution in [2.45, 2.75) is 223 Å². The highest BCUT2D eigenvalue weighted by Crippen LogP contribution is 2.51. The molecule has 7 fully saturated rings. The number of aryl methyl sites for hydroxylation is 1. The van der Waals surface area contributed by atoms with Gasteiger partial charge in [0.1, 0.15) is 142 Å². The lowest BCUT2D eigenvalue weighted by Crippen LogP contribution is -2.53. The van der Waals surface area contributed by atoms with Gasteiger partial charge in [-0.25, -0.2) is 78.2 Å². The van der Waals surface area contributed by atoms with Crippen molar-refractivity contribution >= 4 is 46.3 Å². The number of carbonyl (C=O) groups excluding carboxylic acids is 2. The molecule has 15 rings (SSSR count). The number of hydrogen-bond donors (Lipinski definition) is 20. The minimum atomic E-state index is -3.02. The SMILES string of the molecule is C=C1N=C(N)C(F)=CN1[C@@H]1O[C@@](CO)(CN=[N+]=[N-])[C@@H](O)[C@H]1F.C=C1N=C(N)C=CN1[C@@H]1O[C@@](CO)(CCN=[N+]=[N-])[C@@H](O)[C@H]1F.C=C1N=C(N)C=CN1[C@@H]1O[C@](C)(CO)[C@@H](O)[C@H]1F.C=C1N=C(N)C=CN1[C@@H]1O[C@](F)(CO)[C@@H](F)[C@@]1(C)O.C=C1NC(=O)C=CN1[C@@H]1O[C@](C)(CO)[C@@H](O)[C@H]1F.C=C1NC(=O)C=CN1[C@@H]1O[C@](F)(CO)[C@@H](F)[C@@]1(C)O.CCOc1nc(C)nc2c1ncn2[C@@H]1O[C@](F)(CO)[C@@H](F)[C@@]1(C)O. The lowest BCUT2D eigenvalue weighted by molar-refractivity contribution is -0.201. The number of amides is 2. The molecule has 7 saturated heterocycles. The van der Waals surface area contributed by atoms with E-state index in [1.807, 2.05) is 0 Å². The van der Waals surface area contributed by atoms with Crippen LogP contribution in [0.4, 0.5) is 48.3 Å². The highest BCUT2D eigenvalue weighted by Gasteiger charge is 2.69. The molecule has 50 nitrogen and oxygen atoms in total. The molecule has 2 amide bonds. The van der Waals surface area contributed by atoms with E-state index in [0.29, 0.717) is 12.4 Å². The van der Waals surface area contributed by atoms with Crippen LogP contribution in [0.2, 0.25) is 0 Å². The first-order chi connectivity index (χ1) is 66.3. The molecule has 0 radical (unpaired) electrons. The highest BCUT2D eigenvalue weighted by molar-refractivity contribution is 5.96. The Hall–Kier alpha value is -12.1. The number of fused-ring (bicyclic) bond motifs is 1. The Labute approximate surface area is 799 Å². The number of nitrogens with one attached hydrogen (secondary N) is 2. The van der Waals surface area contributed by atoms with E-state index in [4.69, 9.17) is 92.3 Å². The molecule has 24 N–H and O–H groups in total. The number of amidine groups is 4. The van der Waals surface area contributed by atoms with Crippen molar-refractivity contribution in [1.29, 1.82) is 0 Å². The van der Waals surface area contributed by atoms with Gasteiger partial charge < -0.3 is 172 Å². The van der Waals surface area contributed by atoms with Gasteiger partial charge in [-0.15, -0.1) is 0 Å². The third-order valence-corrected chi connectivity index (χ3v) is 23.6. The molecule has 784 valence electrons. The van der Waals surface area contributed by atoms with E-state index >= 15 is 0 Å². The number of hydrogen-bond acceptors (Lipinski definition) is 43. The maximum Gasteiger partial charge on any atom is 0.268 e. The number of ether oxygens (including phenoxy) is 8. The summed E-state index contributed by atoms with van der Waals surface area (Å²) in [5, 5.41) is 145. The summed E-state index contributed by atoms with van der Waals surface area (Å²) in [4.78, 5) is 61.9. The number of carbonyl (C=O) groups is 2. The summed E-state index contributed by atoms with van der Waals surface area (Å²) in [6, 6.07) is 0. The second-order valence-electron chi connectivity index (χ2n) is 34.1. The van der Waals surface area contributed by atoms with E-state index in [1.54, 1.807) is 13.8 Å². The summed E-state index contributed by atoms with van der Waals surface area (Å²) in [5.74, 6) is -9.43. The minimum Gasteiger partial charge on any atom is -0.476 e. The van der Waals surface area contributed by atoms with E-state index in [9.17, 15) is 109 Å². The van der Waals surface area contributed by atoms with Crippen molar-refractivity contribution in [2.75, 3.05) is 65.9 Å². The quantitative estimate of drug-likeness (QED) is 0.0305. The molecule has 0 aliphatic carbocycles. The number of aromatic nitrogens is 4. The van der Waals surface area contributed by atoms with E-state index in [1.165, 1.54) is 94.7 Å². The monoisotopic (exact) mass is 2040 g/mol. The lowest BCUT2D eigenvalue weighted by Gasteiger charge is -2.36. The molecule has 15 heterocycles. The van der Waals surface area contributed by atoms with Crippen LogP contribution in [-0.4, -0.2) is 383 Å². The molecule has 142 heavy (non-hydrogen) atoms. The minimum absolute atomic E-state index is 0.00663. The van der Waals surface area contributed by atoms with Gasteiger partial charge >= 0.3 is 0 Å². The molecule has 13 aliphatic rings. The first kappa shape index (κ1) is 113. The lowest BCUT2D eigenvalue weighted by atomic mass is 9.93. The third-order valence-electron chi connectivity index (χ3n) is 23.6. The molecule has 0 aromatic carbocycles. The van der Waals surface area contributed by atoms with Crippen molar-refractivity contribution < 1.29 is 167 Å². The Bertz CT molecular complexity index is 5480. The number of nitrogens with two attached hydrogens (primary N) is 4. The standard InChI is InChI=1S/C14H18F2N4O4.C12H17FN6O3.C11H14F2N6O3.C11H15F2N3O3.C11H14F2N2O4.C11H16FN3O3.C11H15FN2O4/c1-4-23-10-8-9(18-7(2)19-10)20(6-17-8)12-13(3,22)11(15)14(16,5-21)24-12;1-7-17-8(14)2-5-19(7)11-9(13)10(21)12(6-20,22-11)3-4-16-18-15;1-5-17-9(14)6(12)2-19(5)10-7(13)8(21)11(4-20,22-10)3-16-18-15;1-6-15-7(14)3-4-16(6)9-10(2,18)8(12)11(13,5-17)19-9;1-6-14-7(17)3-4-15(6)9-10(2,18)8(12)11(13,5-16)19-9;1-6-14-7(13)3-4-15(6)10-8(12)9(17)11(2,5-16)18-10;1-6-13-7(16)3-4-14(6)10-8(12)9(17)11(2,5-15)18-10/h6,11-12,21-22H,4-5H2,1-3H3;2,5,9-11,20-21H,1,3-4,6H2,(H2,14,17);2,7-8,10,20-21H,1,3-4H2,(H2,14,17);3-4,8-9,17-18H,1,5H2,2H3,(H2,14,15);3-4,8-9,16,18H,1,5H2,2H3,(H,14,17);3-4,8-10,16-17H,1,5H2,2H3,(H2,13,14);3-4,8-10,15,17H,1,5H2,2H3,(H,13,16)/t11-,12+,13+,14+;9-,10+,11-,12-;7-,8+,10-,11-;2*8-,9+,10+,11+;2*8-,9+,10-,11-/m0110011/s1. The predicted molar refractivity (Wildman–Crippen MR) is 470 cm³/mol. The largest absolute Gasteiger partial charge is 0.476 e. The van der Waals surface area contributed by atoms with Crippen molar-refractivity contribution in [3.05, 3.63) is 181 Å². The zero-order valence-electron chi connectivity index (χ0n) is 76.6. The molecule has 2 aromatic heterocycles. The number of alkyl halides is 10. The normalized spacial score (nSPS) is 38.0. The van der Waals surface area contributed by atoms with Crippen LogP contribution < -0.4 is 38.3 Å². The van der Waals surface area contributed by atoms with E-state index in [0.717, 1.165) is 47.7 Å². The fourth-order valence-electron chi connectivity index (χ4n) is 15.6. The Morgan fingerprint density at radius 2 is 0.866 bits per heavy atom. The molecular formula is C81H109F11N26O24. The second kappa shape index (κ2) is 44.4. The van der Waals surface area contributed by atoms with Crippen LogP contribution in [0.3, 0.4) is 0 Å². The van der Waals surface area contributed by atoms with Crippen LogP contribution in [0.25, 0.3) is 32.0 Å². The van der Waals surface area contributed by atoms with Crippen LogP contribution >= 0.6 is 0 Å². The van der Waals surface area contributed by atoms with Crippen molar-refractivity contribution in [2.24, 2.45) is 53.1 Å². The molecule has 61 heteroatoms. The van der Waals surface area contributed by atoms with Gasteiger partial charge in [-0.3, -0.25) is 14.2 Å². The Morgan fingerprint density at radius 1 is 0.493 bits per heavy atom. The summed E-state index contributed by atoms with van der Waals surface area (Å²) >= 11 is 0. The van der Waals surface area contributed by atoms with Crippen molar-refractivity contribution in [3.8, 4) is 5.88 Å². The Kier molecular flexibility index (Phi) is 35.5. The molecule has 0 bridgehead atoms. The maximum absolute atomic E-state index is 14.4. The first-order valence-corrected chi connectivity index (χ1v) is 42.2. The van der Waals surface area contributed by atoms with Gasteiger partial charge in [0.05, 0.1) is 45.9 Å². The second-order valence-corrected chi connectivity index (χ2v) is 34.1. The average molecular weight is 2040 g/mol. The number of nitrogens with zero attached hydrogens (tertiary/aromatic N) is 20. The zero-order chi connectivity index (χ0) is 106. The maximum atomic E-state index is 14.4. The molecule has 0 unspecified atom stereocenters. The average Bonchev–Trinajstić information content (AvgIpc) is 1.57. The number of imidazole rings is 1.